The molecular formula is C14H19N5O. The van der Waals surface area contributed by atoms with E-state index in [1.54, 1.807) is 18.5 Å². The molecule has 2 heterocycles. The van der Waals surface area contributed by atoms with Gasteiger partial charge in [0.2, 0.25) is 0 Å². The van der Waals surface area contributed by atoms with Gasteiger partial charge in [0.15, 0.2) is 0 Å². The van der Waals surface area contributed by atoms with Gasteiger partial charge in [0.25, 0.3) is 5.91 Å². The molecule has 1 amide bonds. The molecule has 0 bridgehead atoms. The molecule has 0 atom stereocenters. The van der Waals surface area contributed by atoms with Crippen molar-refractivity contribution < 1.29 is 4.79 Å². The third-order valence-electron chi connectivity index (χ3n) is 2.81. The van der Waals surface area contributed by atoms with Crippen molar-refractivity contribution in [2.75, 3.05) is 17.2 Å². The van der Waals surface area contributed by atoms with Crippen molar-refractivity contribution in [3.05, 3.63) is 35.8 Å². The summed E-state index contributed by atoms with van der Waals surface area (Å²) in [5.74, 6) is 0.806. The molecule has 0 unspecified atom stereocenters. The Kier molecular flexibility index (Phi) is 4.34. The first-order chi connectivity index (χ1) is 9.60. The topological polar surface area (TPSA) is 82.7 Å². The maximum atomic E-state index is 12.2. The quantitative estimate of drug-likeness (QED) is 0.782. The molecular weight excluding hydrogens is 254 g/mol. The number of aromatic amines is 1. The van der Waals surface area contributed by atoms with E-state index in [0.717, 1.165) is 18.1 Å². The highest BCUT2D eigenvalue weighted by Gasteiger charge is 2.12. The fourth-order valence-corrected chi connectivity index (χ4v) is 1.77. The van der Waals surface area contributed by atoms with Gasteiger partial charge in [-0.25, -0.2) is 4.98 Å². The lowest BCUT2D eigenvalue weighted by atomic mass is 10.1. The van der Waals surface area contributed by atoms with Gasteiger partial charge in [0.1, 0.15) is 5.82 Å². The van der Waals surface area contributed by atoms with E-state index in [0.29, 0.717) is 11.3 Å². The van der Waals surface area contributed by atoms with Gasteiger partial charge in [-0.15, -0.1) is 0 Å². The average Bonchev–Trinajstić information content (AvgIpc) is 2.91. The Balaban J connectivity index is 2.27. The number of anilines is 2. The third kappa shape index (κ3) is 3.34. The summed E-state index contributed by atoms with van der Waals surface area (Å²) in [6.45, 7) is 6.86. The zero-order valence-corrected chi connectivity index (χ0v) is 11.9. The van der Waals surface area contributed by atoms with E-state index in [1.807, 2.05) is 13.0 Å². The van der Waals surface area contributed by atoms with Crippen LogP contribution < -0.4 is 10.6 Å². The summed E-state index contributed by atoms with van der Waals surface area (Å²) >= 11 is 0. The average molecular weight is 273 g/mol. The lowest BCUT2D eigenvalue weighted by Crippen LogP contribution is -2.14. The highest BCUT2D eigenvalue weighted by atomic mass is 16.1. The minimum absolute atomic E-state index is 0.171. The van der Waals surface area contributed by atoms with Crippen molar-refractivity contribution in [2.24, 2.45) is 0 Å². The predicted molar refractivity (Wildman–Crippen MR) is 79.0 cm³/mol. The fraction of sp³-hybridized carbons (Fsp3) is 0.357. The predicted octanol–water partition coefficient (Wildman–Crippen LogP) is 2.61. The summed E-state index contributed by atoms with van der Waals surface area (Å²) in [6.07, 6.45) is 3.20. The summed E-state index contributed by atoms with van der Waals surface area (Å²) < 4.78 is 0. The lowest BCUT2D eigenvalue weighted by molar-refractivity contribution is 0.102. The highest BCUT2D eigenvalue weighted by Crippen LogP contribution is 2.18. The van der Waals surface area contributed by atoms with Gasteiger partial charge in [0, 0.05) is 24.0 Å². The van der Waals surface area contributed by atoms with Gasteiger partial charge < -0.3 is 10.6 Å². The number of hydrogen-bond donors (Lipinski definition) is 3. The van der Waals surface area contributed by atoms with Gasteiger partial charge in [-0.05, 0) is 25.0 Å². The third-order valence-corrected chi connectivity index (χ3v) is 2.81. The molecule has 3 N–H and O–H groups in total. The smallest absolute Gasteiger partial charge is 0.255 e. The number of carbonyl (C=O) groups excluding carboxylic acids is 1. The maximum absolute atomic E-state index is 12.2. The SMILES string of the molecule is CCNc1cc(C(=O)Nc2cn[nH]c2)cc(C(C)C)n1. The van der Waals surface area contributed by atoms with Crippen LogP contribution in [0.4, 0.5) is 11.5 Å². The molecule has 0 aliphatic carbocycles. The summed E-state index contributed by atoms with van der Waals surface area (Å²) in [5, 5.41) is 12.4. The number of hydrogen-bond acceptors (Lipinski definition) is 4. The molecule has 0 aromatic carbocycles. The summed E-state index contributed by atoms with van der Waals surface area (Å²) in [6, 6.07) is 3.58. The Labute approximate surface area is 118 Å². The van der Waals surface area contributed by atoms with E-state index in [9.17, 15) is 4.79 Å². The van der Waals surface area contributed by atoms with Crippen LogP contribution in [-0.2, 0) is 0 Å². The van der Waals surface area contributed by atoms with Crippen molar-refractivity contribution in [1.29, 1.82) is 0 Å². The molecule has 0 aliphatic rings. The van der Waals surface area contributed by atoms with Gasteiger partial charge in [-0.2, -0.15) is 5.10 Å². The highest BCUT2D eigenvalue weighted by molar-refractivity contribution is 6.04. The molecule has 0 radical (unpaired) electrons. The summed E-state index contributed by atoms with van der Waals surface area (Å²) in [7, 11) is 0. The summed E-state index contributed by atoms with van der Waals surface area (Å²) in [4.78, 5) is 16.7. The van der Waals surface area contributed by atoms with E-state index in [2.05, 4.69) is 39.7 Å². The second-order valence-electron chi connectivity index (χ2n) is 4.79. The van der Waals surface area contributed by atoms with Crippen LogP contribution in [-0.4, -0.2) is 27.6 Å². The van der Waals surface area contributed by atoms with E-state index < -0.39 is 0 Å². The normalized spacial score (nSPS) is 10.6. The molecule has 0 spiro atoms. The van der Waals surface area contributed by atoms with Crippen LogP contribution >= 0.6 is 0 Å². The van der Waals surface area contributed by atoms with E-state index >= 15 is 0 Å². The van der Waals surface area contributed by atoms with Crippen molar-refractivity contribution in [1.82, 2.24) is 15.2 Å². The van der Waals surface area contributed by atoms with Crippen LogP contribution in [0.1, 0.15) is 42.7 Å². The molecule has 106 valence electrons. The number of nitrogens with one attached hydrogen (secondary N) is 3. The van der Waals surface area contributed by atoms with Crippen molar-refractivity contribution >= 4 is 17.4 Å². The molecule has 2 aromatic heterocycles. The van der Waals surface area contributed by atoms with E-state index in [1.165, 1.54) is 0 Å². The number of carbonyl (C=O) groups is 1. The minimum atomic E-state index is -0.171. The first-order valence-electron chi connectivity index (χ1n) is 6.66. The molecule has 0 aliphatic heterocycles. The number of amides is 1. The van der Waals surface area contributed by atoms with E-state index in [4.69, 9.17) is 0 Å². The Morgan fingerprint density at radius 3 is 2.80 bits per heavy atom. The summed E-state index contributed by atoms with van der Waals surface area (Å²) in [5.41, 5.74) is 2.12. The van der Waals surface area contributed by atoms with E-state index in [-0.39, 0.29) is 11.8 Å². The standard InChI is InChI=1S/C14H19N5O/c1-4-15-13-6-10(5-12(19-13)9(2)3)14(20)18-11-7-16-17-8-11/h5-9H,4H2,1-3H3,(H,15,19)(H,16,17)(H,18,20). The van der Waals surface area contributed by atoms with Crippen molar-refractivity contribution in [2.45, 2.75) is 26.7 Å². The van der Waals surface area contributed by atoms with Crippen LogP contribution in [0.2, 0.25) is 0 Å². The maximum Gasteiger partial charge on any atom is 0.255 e. The zero-order valence-electron chi connectivity index (χ0n) is 11.9. The fourth-order valence-electron chi connectivity index (χ4n) is 1.77. The number of aromatic nitrogens is 3. The molecule has 2 aromatic rings. The number of H-pyrrole nitrogens is 1. The van der Waals surface area contributed by atoms with Gasteiger partial charge in [0.05, 0.1) is 11.9 Å². The molecule has 6 nitrogen and oxygen atoms in total. The number of pyridine rings is 1. The first kappa shape index (κ1) is 14.0. The van der Waals surface area contributed by atoms with Crippen LogP contribution in [0.3, 0.4) is 0 Å². The molecule has 0 saturated heterocycles. The first-order valence-corrected chi connectivity index (χ1v) is 6.66. The second kappa shape index (κ2) is 6.18. The molecule has 2 rings (SSSR count). The monoisotopic (exact) mass is 273 g/mol. The van der Waals surface area contributed by atoms with Crippen LogP contribution in [0.5, 0.6) is 0 Å². The zero-order chi connectivity index (χ0) is 14.5. The Hall–Kier alpha value is -2.37. The van der Waals surface area contributed by atoms with Crippen molar-refractivity contribution in [3.63, 3.8) is 0 Å². The van der Waals surface area contributed by atoms with Gasteiger partial charge >= 0.3 is 0 Å². The second-order valence-corrected chi connectivity index (χ2v) is 4.79. The minimum Gasteiger partial charge on any atom is -0.370 e. The Morgan fingerprint density at radius 1 is 1.40 bits per heavy atom. The molecule has 0 saturated carbocycles. The molecule has 0 fully saturated rings. The van der Waals surface area contributed by atoms with Crippen LogP contribution in [0, 0.1) is 0 Å². The Bertz CT molecular complexity index is 577. The van der Waals surface area contributed by atoms with Crippen LogP contribution in [0.15, 0.2) is 24.5 Å². The number of rotatable bonds is 5. The van der Waals surface area contributed by atoms with Crippen molar-refractivity contribution in [3.8, 4) is 0 Å². The molecule has 20 heavy (non-hydrogen) atoms. The van der Waals surface area contributed by atoms with Crippen LogP contribution in [0.25, 0.3) is 0 Å². The number of nitrogens with zero attached hydrogens (tertiary/aromatic N) is 2. The lowest BCUT2D eigenvalue weighted by Gasteiger charge is -2.11. The Morgan fingerprint density at radius 2 is 2.20 bits per heavy atom. The van der Waals surface area contributed by atoms with Gasteiger partial charge in [-0.1, -0.05) is 13.8 Å². The largest absolute Gasteiger partial charge is 0.370 e. The molecule has 6 heteroatoms. The van der Waals surface area contributed by atoms with Gasteiger partial charge in [-0.3, -0.25) is 9.89 Å².